The number of carbonyl (C=O) groups excluding carboxylic acids is 3. The molecule has 1 atom stereocenters. The molecule has 0 unspecified atom stereocenters. The lowest BCUT2D eigenvalue weighted by Gasteiger charge is -2.18. The van der Waals surface area contributed by atoms with Gasteiger partial charge in [-0.2, -0.15) is 0 Å². The zero-order chi connectivity index (χ0) is 45.1. The monoisotopic (exact) mass is 875 g/mol. The molecule has 0 amide bonds. The highest BCUT2D eigenvalue weighted by Gasteiger charge is 2.19. The van der Waals surface area contributed by atoms with Crippen molar-refractivity contribution in [3.63, 3.8) is 0 Å². The van der Waals surface area contributed by atoms with Crippen LogP contribution in [0.4, 0.5) is 0 Å². The quantitative estimate of drug-likeness (QED) is 0.0262. The van der Waals surface area contributed by atoms with Gasteiger partial charge < -0.3 is 14.2 Å². The molecule has 0 aromatic carbocycles. The third-order valence-electron chi connectivity index (χ3n) is 12.5. The van der Waals surface area contributed by atoms with Gasteiger partial charge in [0.1, 0.15) is 13.2 Å². The van der Waals surface area contributed by atoms with Crippen LogP contribution in [0.15, 0.2) is 12.2 Å². The van der Waals surface area contributed by atoms with Crippen molar-refractivity contribution in [3.05, 3.63) is 12.2 Å². The first-order valence-corrected chi connectivity index (χ1v) is 27.7. The van der Waals surface area contributed by atoms with E-state index in [4.69, 9.17) is 14.2 Å². The lowest BCUT2D eigenvalue weighted by molar-refractivity contribution is -0.167. The number of hydrogen-bond donors (Lipinski definition) is 0. The van der Waals surface area contributed by atoms with Crippen molar-refractivity contribution in [3.8, 4) is 0 Å². The van der Waals surface area contributed by atoms with Crippen LogP contribution in [0, 0.1) is 0 Å². The summed E-state index contributed by atoms with van der Waals surface area (Å²) in [5.74, 6) is -0.849. The molecule has 0 rings (SSSR count). The maximum atomic E-state index is 12.8. The van der Waals surface area contributed by atoms with E-state index in [2.05, 4.69) is 32.9 Å². The summed E-state index contributed by atoms with van der Waals surface area (Å²) in [7, 11) is 0. The molecule has 0 spiro atoms. The summed E-state index contributed by atoms with van der Waals surface area (Å²) < 4.78 is 16.8. The van der Waals surface area contributed by atoms with E-state index < -0.39 is 6.10 Å². The lowest BCUT2D eigenvalue weighted by Crippen LogP contribution is -2.30. The number of hydrogen-bond acceptors (Lipinski definition) is 6. The molecule has 0 aliphatic heterocycles. The minimum absolute atomic E-state index is 0.0660. The van der Waals surface area contributed by atoms with Crippen LogP contribution in [-0.2, 0) is 28.6 Å². The highest BCUT2D eigenvalue weighted by atomic mass is 16.6. The number of ether oxygens (including phenoxy) is 3. The first-order chi connectivity index (χ1) is 30.5. The maximum Gasteiger partial charge on any atom is 0.306 e. The molecule has 0 aliphatic carbocycles. The van der Waals surface area contributed by atoms with E-state index in [-0.39, 0.29) is 31.1 Å². The lowest BCUT2D eigenvalue weighted by atomic mass is 10.0. The third kappa shape index (κ3) is 49.2. The van der Waals surface area contributed by atoms with Crippen LogP contribution in [0.5, 0.6) is 0 Å². The minimum atomic E-state index is -0.766. The predicted octanol–water partition coefficient (Wildman–Crippen LogP) is 18.2. The van der Waals surface area contributed by atoms with Gasteiger partial charge in [-0.3, -0.25) is 14.4 Å². The van der Waals surface area contributed by atoms with Crippen LogP contribution in [0.2, 0.25) is 0 Å². The van der Waals surface area contributed by atoms with Gasteiger partial charge in [-0.05, 0) is 44.9 Å². The zero-order valence-corrected chi connectivity index (χ0v) is 41.9. The minimum Gasteiger partial charge on any atom is -0.462 e. The number of allylic oxidation sites excluding steroid dienone is 2. The SMILES string of the molecule is CCCCCC/C=C/CCCCCCCCCC(=O)O[C@H](COC(=O)CCCCCCCCCCCCCCC)COC(=O)CCCCCCCCCCCCCCCCCC. The Hall–Kier alpha value is -1.85. The second kappa shape index (κ2) is 51.8. The van der Waals surface area contributed by atoms with Gasteiger partial charge in [-0.15, -0.1) is 0 Å². The molecule has 0 aromatic rings. The molecule has 0 heterocycles. The molecular formula is C56H106O6. The molecule has 0 bridgehead atoms. The smallest absolute Gasteiger partial charge is 0.306 e. The van der Waals surface area contributed by atoms with E-state index in [1.807, 2.05) is 0 Å². The molecule has 0 radical (unpaired) electrons. The second-order valence-corrected chi connectivity index (χ2v) is 18.9. The summed E-state index contributed by atoms with van der Waals surface area (Å²) in [6, 6.07) is 0. The molecule has 0 aromatic heterocycles. The predicted molar refractivity (Wildman–Crippen MR) is 266 cm³/mol. The van der Waals surface area contributed by atoms with Crippen molar-refractivity contribution in [2.75, 3.05) is 13.2 Å². The van der Waals surface area contributed by atoms with Gasteiger partial charge in [-0.1, -0.05) is 258 Å². The average Bonchev–Trinajstić information content (AvgIpc) is 3.27. The van der Waals surface area contributed by atoms with Crippen molar-refractivity contribution < 1.29 is 28.6 Å². The number of carbonyl (C=O) groups is 3. The summed E-state index contributed by atoms with van der Waals surface area (Å²) in [6.45, 7) is 6.67. The largest absolute Gasteiger partial charge is 0.462 e. The Kier molecular flexibility index (Phi) is 50.2. The zero-order valence-electron chi connectivity index (χ0n) is 41.9. The molecule has 6 heteroatoms. The number of unbranched alkanes of at least 4 members (excludes halogenated alkanes) is 38. The Morgan fingerprint density at radius 3 is 0.823 bits per heavy atom. The number of rotatable bonds is 51. The maximum absolute atomic E-state index is 12.8. The fourth-order valence-electron chi connectivity index (χ4n) is 8.32. The van der Waals surface area contributed by atoms with Gasteiger partial charge >= 0.3 is 17.9 Å². The van der Waals surface area contributed by atoms with Crippen molar-refractivity contribution in [1.29, 1.82) is 0 Å². The van der Waals surface area contributed by atoms with Crippen molar-refractivity contribution >= 4 is 17.9 Å². The standard InChI is InChI=1S/C56H106O6/c1-4-7-10-13-16-19-22-25-27-29-31-34-37-40-43-46-49-55(58)61-52-53(51-60-54(57)48-45-42-39-36-33-30-24-21-18-15-12-9-6-3)62-56(59)50-47-44-41-38-35-32-28-26-23-20-17-14-11-8-5-2/h20,23,53H,4-19,21-22,24-52H2,1-3H3/b23-20+/t53-/m1/s1. The molecule has 0 aliphatic rings. The van der Waals surface area contributed by atoms with Crippen LogP contribution in [0.3, 0.4) is 0 Å². The number of esters is 3. The first-order valence-electron chi connectivity index (χ1n) is 27.7. The Labute approximate surface area is 386 Å². The first kappa shape index (κ1) is 60.2. The molecule has 0 N–H and O–H groups in total. The van der Waals surface area contributed by atoms with Gasteiger partial charge in [-0.25, -0.2) is 0 Å². The third-order valence-corrected chi connectivity index (χ3v) is 12.5. The van der Waals surface area contributed by atoms with Crippen molar-refractivity contribution in [1.82, 2.24) is 0 Å². The molecule has 6 nitrogen and oxygen atoms in total. The van der Waals surface area contributed by atoms with E-state index in [0.717, 1.165) is 57.8 Å². The molecular weight excluding hydrogens is 769 g/mol. The van der Waals surface area contributed by atoms with Crippen LogP contribution in [0.25, 0.3) is 0 Å². The summed E-state index contributed by atoms with van der Waals surface area (Å²) in [5.41, 5.74) is 0. The van der Waals surface area contributed by atoms with E-state index in [1.165, 1.54) is 212 Å². The Balaban J connectivity index is 4.32. The molecule has 366 valence electrons. The van der Waals surface area contributed by atoms with Crippen molar-refractivity contribution in [2.24, 2.45) is 0 Å². The second-order valence-electron chi connectivity index (χ2n) is 18.9. The van der Waals surface area contributed by atoms with Gasteiger partial charge in [0.25, 0.3) is 0 Å². The van der Waals surface area contributed by atoms with Crippen molar-refractivity contribution in [2.45, 2.75) is 316 Å². The fourth-order valence-corrected chi connectivity index (χ4v) is 8.32. The average molecular weight is 875 g/mol. The molecule has 0 saturated heterocycles. The van der Waals surface area contributed by atoms with Gasteiger partial charge in [0.2, 0.25) is 0 Å². The summed E-state index contributed by atoms with van der Waals surface area (Å²) >= 11 is 0. The van der Waals surface area contributed by atoms with Gasteiger partial charge in [0.15, 0.2) is 6.10 Å². The highest BCUT2D eigenvalue weighted by Crippen LogP contribution is 2.17. The summed E-state index contributed by atoms with van der Waals surface area (Å²) in [6.07, 6.45) is 57.6. The summed E-state index contributed by atoms with van der Waals surface area (Å²) in [5, 5.41) is 0. The molecule has 62 heavy (non-hydrogen) atoms. The van der Waals surface area contributed by atoms with Crippen LogP contribution in [-0.4, -0.2) is 37.2 Å². The Morgan fingerprint density at radius 1 is 0.306 bits per heavy atom. The van der Waals surface area contributed by atoms with Crippen LogP contribution in [0.1, 0.15) is 310 Å². The summed E-state index contributed by atoms with van der Waals surface area (Å²) in [4.78, 5) is 38.0. The van der Waals surface area contributed by atoms with E-state index in [9.17, 15) is 14.4 Å². The van der Waals surface area contributed by atoms with Crippen LogP contribution < -0.4 is 0 Å². The molecule has 0 fully saturated rings. The topological polar surface area (TPSA) is 78.9 Å². The van der Waals surface area contributed by atoms with E-state index in [1.54, 1.807) is 0 Å². The Morgan fingerprint density at radius 2 is 0.532 bits per heavy atom. The van der Waals surface area contributed by atoms with E-state index >= 15 is 0 Å². The van der Waals surface area contributed by atoms with Gasteiger partial charge in [0, 0.05) is 19.3 Å². The highest BCUT2D eigenvalue weighted by molar-refractivity contribution is 5.71. The normalized spacial score (nSPS) is 12.0. The van der Waals surface area contributed by atoms with Gasteiger partial charge in [0.05, 0.1) is 0 Å². The Bertz CT molecular complexity index is 962. The molecule has 0 saturated carbocycles. The van der Waals surface area contributed by atoms with E-state index in [0.29, 0.717) is 19.3 Å². The van der Waals surface area contributed by atoms with Crippen LogP contribution >= 0.6 is 0 Å². The fraction of sp³-hybridized carbons (Fsp3) is 0.911.